The number of hydrogen-bond acceptors (Lipinski definition) is 4. The Balaban J connectivity index is 1.16. The van der Waals surface area contributed by atoms with Crippen molar-refractivity contribution in [3.05, 3.63) is 22.4 Å². The summed E-state index contributed by atoms with van der Waals surface area (Å²) in [6.45, 7) is 0.243. The highest BCUT2D eigenvalue weighted by Gasteiger charge is 2.51. The number of hydrogen-bond donors (Lipinski definition) is 3. The molecule has 7 heteroatoms. The molecule has 4 bridgehead atoms. The minimum Gasteiger partial charge on any atom is -0.351 e. The van der Waals surface area contributed by atoms with Gasteiger partial charge < -0.3 is 5.32 Å². The van der Waals surface area contributed by atoms with Crippen molar-refractivity contribution in [2.75, 3.05) is 6.54 Å². The fourth-order valence-corrected chi connectivity index (χ4v) is 6.52. The Hall–Kier alpha value is -1.89. The SMILES string of the molecule is O=C(CCNC(=O)c1cccs1)NNC(=O)CC12CC3CC(CC(C3)C1)C2. The van der Waals surface area contributed by atoms with Crippen LogP contribution < -0.4 is 16.2 Å². The smallest absolute Gasteiger partial charge is 0.261 e. The summed E-state index contributed by atoms with van der Waals surface area (Å²) in [5.74, 6) is 1.87. The summed E-state index contributed by atoms with van der Waals surface area (Å²) in [6.07, 6.45) is 8.25. The minimum absolute atomic E-state index is 0.0899. The molecule has 3 amide bonds. The van der Waals surface area contributed by atoms with Crippen LogP contribution in [0.25, 0.3) is 0 Å². The Kier molecular flexibility index (Phi) is 5.21. The highest BCUT2D eigenvalue weighted by atomic mass is 32.1. The van der Waals surface area contributed by atoms with Gasteiger partial charge in [-0.2, -0.15) is 0 Å². The molecule has 0 saturated heterocycles. The van der Waals surface area contributed by atoms with Gasteiger partial charge in [-0.05, 0) is 73.1 Å². The highest BCUT2D eigenvalue weighted by Crippen LogP contribution is 2.61. The van der Waals surface area contributed by atoms with Gasteiger partial charge >= 0.3 is 0 Å². The predicted octanol–water partition coefficient (Wildman–Crippen LogP) is 2.62. The summed E-state index contributed by atoms with van der Waals surface area (Å²) < 4.78 is 0. The van der Waals surface area contributed by atoms with Crippen LogP contribution in [-0.2, 0) is 9.59 Å². The fraction of sp³-hybridized carbons (Fsp3) is 0.650. The maximum atomic E-state index is 12.4. The number of hydrazine groups is 1. The quantitative estimate of drug-likeness (QED) is 0.654. The zero-order valence-electron chi connectivity index (χ0n) is 15.5. The van der Waals surface area contributed by atoms with Gasteiger partial charge in [0, 0.05) is 19.4 Å². The van der Waals surface area contributed by atoms with Crippen LogP contribution in [0, 0.1) is 23.2 Å². The van der Waals surface area contributed by atoms with Gasteiger partial charge in [-0.3, -0.25) is 25.2 Å². The third-order valence-corrected chi connectivity index (χ3v) is 7.29. The molecule has 0 radical (unpaired) electrons. The van der Waals surface area contributed by atoms with Crippen LogP contribution in [0.15, 0.2) is 17.5 Å². The molecule has 4 aliphatic rings. The topological polar surface area (TPSA) is 87.3 Å². The Morgan fingerprint density at radius 3 is 2.22 bits per heavy atom. The molecule has 1 heterocycles. The van der Waals surface area contributed by atoms with Crippen molar-refractivity contribution >= 4 is 29.1 Å². The second kappa shape index (κ2) is 7.62. The van der Waals surface area contributed by atoms with E-state index in [9.17, 15) is 14.4 Å². The van der Waals surface area contributed by atoms with Crippen LogP contribution >= 0.6 is 11.3 Å². The first kappa shape index (κ1) is 18.5. The van der Waals surface area contributed by atoms with Crippen LogP contribution in [0.3, 0.4) is 0 Å². The second-order valence-electron chi connectivity index (χ2n) is 8.67. The normalized spacial score (nSPS) is 30.7. The first-order valence-corrected chi connectivity index (χ1v) is 10.8. The van der Waals surface area contributed by atoms with Crippen molar-refractivity contribution in [2.24, 2.45) is 23.2 Å². The molecule has 0 unspecified atom stereocenters. The minimum atomic E-state index is -0.291. The van der Waals surface area contributed by atoms with E-state index in [0.29, 0.717) is 11.3 Å². The molecule has 5 rings (SSSR count). The van der Waals surface area contributed by atoms with E-state index in [1.54, 1.807) is 6.07 Å². The molecule has 146 valence electrons. The van der Waals surface area contributed by atoms with Crippen LogP contribution in [0.2, 0.25) is 0 Å². The van der Waals surface area contributed by atoms with E-state index in [1.807, 2.05) is 11.4 Å². The van der Waals surface area contributed by atoms with Crippen molar-refractivity contribution < 1.29 is 14.4 Å². The number of thiophene rings is 1. The van der Waals surface area contributed by atoms with Gasteiger partial charge in [0.1, 0.15) is 0 Å². The van der Waals surface area contributed by atoms with E-state index >= 15 is 0 Å². The lowest BCUT2D eigenvalue weighted by molar-refractivity contribution is -0.134. The molecule has 0 atom stereocenters. The van der Waals surface area contributed by atoms with E-state index < -0.39 is 0 Å². The van der Waals surface area contributed by atoms with E-state index in [4.69, 9.17) is 0 Å². The van der Waals surface area contributed by atoms with Crippen molar-refractivity contribution in [2.45, 2.75) is 51.4 Å². The highest BCUT2D eigenvalue weighted by molar-refractivity contribution is 7.12. The predicted molar refractivity (Wildman–Crippen MR) is 103 cm³/mol. The fourth-order valence-electron chi connectivity index (χ4n) is 5.88. The molecule has 4 fully saturated rings. The maximum absolute atomic E-state index is 12.4. The van der Waals surface area contributed by atoms with Crippen molar-refractivity contribution in [1.82, 2.24) is 16.2 Å². The van der Waals surface area contributed by atoms with E-state index in [2.05, 4.69) is 16.2 Å². The molecular weight excluding hydrogens is 362 g/mol. The van der Waals surface area contributed by atoms with Gasteiger partial charge in [-0.1, -0.05) is 6.07 Å². The molecule has 6 nitrogen and oxygen atoms in total. The van der Waals surface area contributed by atoms with Crippen LogP contribution in [0.1, 0.15) is 61.0 Å². The second-order valence-corrected chi connectivity index (χ2v) is 9.62. The summed E-state index contributed by atoms with van der Waals surface area (Å²) in [6, 6.07) is 3.55. The first-order chi connectivity index (χ1) is 13.0. The number of nitrogens with one attached hydrogen (secondary N) is 3. The molecule has 3 N–H and O–H groups in total. The molecule has 0 spiro atoms. The summed E-state index contributed by atoms with van der Waals surface area (Å²) in [5, 5.41) is 4.54. The standard InChI is InChI=1S/C20H27N3O3S/c24-17(3-4-21-19(26)16-2-1-5-27-16)22-23-18(25)12-20-9-13-6-14(10-20)8-15(7-13)11-20/h1-2,5,13-15H,3-4,6-12H2,(H,21,26)(H,22,24)(H,23,25). The van der Waals surface area contributed by atoms with Gasteiger partial charge in [0.15, 0.2) is 0 Å². The molecular formula is C20H27N3O3S. The third kappa shape index (κ3) is 4.34. The Morgan fingerprint density at radius 2 is 1.63 bits per heavy atom. The largest absolute Gasteiger partial charge is 0.351 e. The average Bonchev–Trinajstić information content (AvgIpc) is 3.13. The van der Waals surface area contributed by atoms with Gasteiger partial charge in [0.25, 0.3) is 5.91 Å². The Labute approximate surface area is 163 Å². The summed E-state index contributed by atoms with van der Waals surface area (Å²) in [5.41, 5.74) is 5.23. The molecule has 4 aliphatic carbocycles. The lowest BCUT2D eigenvalue weighted by Crippen LogP contribution is -2.50. The summed E-state index contributed by atoms with van der Waals surface area (Å²) >= 11 is 1.36. The van der Waals surface area contributed by atoms with E-state index in [0.717, 1.165) is 17.8 Å². The summed E-state index contributed by atoms with van der Waals surface area (Å²) in [7, 11) is 0. The number of carbonyl (C=O) groups excluding carboxylic acids is 3. The van der Waals surface area contributed by atoms with Crippen LogP contribution in [0.5, 0.6) is 0 Å². The van der Waals surface area contributed by atoms with Gasteiger partial charge in [-0.15, -0.1) is 11.3 Å². The molecule has 1 aromatic rings. The molecule has 27 heavy (non-hydrogen) atoms. The number of carbonyl (C=O) groups is 3. The maximum Gasteiger partial charge on any atom is 0.261 e. The lowest BCUT2D eigenvalue weighted by atomic mass is 9.49. The zero-order chi connectivity index (χ0) is 18.9. The van der Waals surface area contributed by atoms with Crippen molar-refractivity contribution in [3.8, 4) is 0 Å². The Morgan fingerprint density at radius 1 is 1.00 bits per heavy atom. The Bertz CT molecular complexity index is 681. The van der Waals surface area contributed by atoms with Gasteiger partial charge in [0.2, 0.25) is 11.8 Å². The van der Waals surface area contributed by atoms with Crippen LogP contribution in [0.4, 0.5) is 0 Å². The molecule has 1 aromatic heterocycles. The number of rotatable bonds is 6. The first-order valence-electron chi connectivity index (χ1n) is 9.91. The third-order valence-electron chi connectivity index (χ3n) is 6.42. The monoisotopic (exact) mass is 389 g/mol. The van der Waals surface area contributed by atoms with Gasteiger partial charge in [-0.25, -0.2) is 0 Å². The molecule has 4 saturated carbocycles. The molecule has 0 aromatic carbocycles. The summed E-state index contributed by atoms with van der Waals surface area (Å²) in [4.78, 5) is 36.7. The average molecular weight is 390 g/mol. The van der Waals surface area contributed by atoms with Crippen molar-refractivity contribution in [1.29, 1.82) is 0 Å². The molecule has 0 aliphatic heterocycles. The lowest BCUT2D eigenvalue weighted by Gasteiger charge is -2.56. The van der Waals surface area contributed by atoms with Crippen LogP contribution in [-0.4, -0.2) is 24.3 Å². The van der Waals surface area contributed by atoms with E-state index in [1.165, 1.54) is 49.9 Å². The van der Waals surface area contributed by atoms with Crippen molar-refractivity contribution in [3.63, 3.8) is 0 Å². The van der Waals surface area contributed by atoms with E-state index in [-0.39, 0.29) is 36.1 Å². The number of amides is 3. The zero-order valence-corrected chi connectivity index (χ0v) is 16.3. The van der Waals surface area contributed by atoms with Gasteiger partial charge in [0.05, 0.1) is 4.88 Å².